The molecule has 140 valence electrons. The van der Waals surface area contributed by atoms with E-state index < -0.39 is 37.5 Å². The Morgan fingerprint density at radius 2 is 2.00 bits per heavy atom. The van der Waals surface area contributed by atoms with Crippen molar-refractivity contribution in [2.75, 3.05) is 7.11 Å². The van der Waals surface area contributed by atoms with Gasteiger partial charge >= 0.3 is 5.69 Å². The maximum Gasteiger partial charge on any atom is 0.330 e. The molecule has 0 radical (unpaired) electrons. The Labute approximate surface area is 161 Å². The van der Waals surface area contributed by atoms with Crippen LogP contribution in [-0.4, -0.2) is 46.7 Å². The van der Waals surface area contributed by atoms with E-state index in [4.69, 9.17) is 13.9 Å². The second-order valence-electron chi connectivity index (χ2n) is 8.24. The molecule has 1 aliphatic heterocycles. The summed E-state index contributed by atoms with van der Waals surface area (Å²) in [6, 6.07) is 1.31. The standard InChI is InChI=1S/C16H25IN2O5Si/c1-15(2,3)25(5,6)24-16-10(17)11(16)23-13(12(16)22-4)19-8-7-9(20)18-14(19)21/h7-8,10-13H,1-6H3,(H,18,20,21)/t10?,11-,12+,13-,16?/m1/s1. The summed E-state index contributed by atoms with van der Waals surface area (Å²) in [6.45, 7) is 11.0. The lowest BCUT2D eigenvalue weighted by Gasteiger charge is -2.41. The molecule has 1 aliphatic carbocycles. The predicted molar refractivity (Wildman–Crippen MR) is 105 cm³/mol. The number of fused-ring (bicyclic) bond motifs is 1. The molecule has 2 heterocycles. The highest BCUT2D eigenvalue weighted by atomic mass is 127. The van der Waals surface area contributed by atoms with Crippen LogP contribution >= 0.6 is 22.6 Å². The average Bonchev–Trinajstić information content (AvgIpc) is 2.87. The molecule has 0 aromatic carbocycles. The Kier molecular flexibility index (Phi) is 4.63. The van der Waals surface area contributed by atoms with Crippen molar-refractivity contribution in [2.45, 2.75) is 66.9 Å². The minimum atomic E-state index is -2.06. The zero-order valence-electron chi connectivity index (χ0n) is 15.3. The highest BCUT2D eigenvalue weighted by molar-refractivity contribution is 14.1. The third kappa shape index (κ3) is 2.87. The molecule has 0 bridgehead atoms. The first-order valence-electron chi connectivity index (χ1n) is 8.29. The molecule has 0 amide bonds. The fourth-order valence-electron chi connectivity index (χ4n) is 3.16. The van der Waals surface area contributed by atoms with Crippen LogP contribution in [0.1, 0.15) is 27.0 Å². The van der Waals surface area contributed by atoms with Crippen LogP contribution < -0.4 is 11.2 Å². The van der Waals surface area contributed by atoms with E-state index in [1.165, 1.54) is 16.8 Å². The lowest BCUT2D eigenvalue weighted by molar-refractivity contribution is -0.0805. The van der Waals surface area contributed by atoms with Gasteiger partial charge in [0.2, 0.25) is 0 Å². The number of nitrogens with one attached hydrogen (secondary N) is 1. The molecule has 9 heteroatoms. The van der Waals surface area contributed by atoms with Crippen molar-refractivity contribution in [3.05, 3.63) is 33.1 Å². The average molecular weight is 480 g/mol. The topological polar surface area (TPSA) is 82.6 Å². The Hall–Kier alpha value is -0.493. The third-order valence-electron chi connectivity index (χ3n) is 5.64. The summed E-state index contributed by atoms with van der Waals surface area (Å²) < 4.78 is 20.2. The van der Waals surface area contributed by atoms with Crippen LogP contribution in [0.5, 0.6) is 0 Å². The number of halogens is 1. The van der Waals surface area contributed by atoms with Gasteiger partial charge in [-0.25, -0.2) is 4.79 Å². The number of nitrogens with zero attached hydrogens (tertiary/aromatic N) is 1. The molecule has 1 saturated heterocycles. The van der Waals surface area contributed by atoms with Gasteiger partial charge in [-0.3, -0.25) is 14.3 Å². The van der Waals surface area contributed by atoms with Gasteiger partial charge in [-0.15, -0.1) is 0 Å². The van der Waals surface area contributed by atoms with Crippen molar-refractivity contribution in [2.24, 2.45) is 0 Å². The van der Waals surface area contributed by atoms with Gasteiger partial charge in [0, 0.05) is 19.4 Å². The maximum absolute atomic E-state index is 12.2. The van der Waals surface area contributed by atoms with Crippen LogP contribution in [0, 0.1) is 0 Å². The van der Waals surface area contributed by atoms with Crippen LogP contribution in [-0.2, 0) is 13.9 Å². The van der Waals surface area contributed by atoms with E-state index in [0.29, 0.717) is 0 Å². The summed E-state index contributed by atoms with van der Waals surface area (Å²) in [4.78, 5) is 25.8. The quantitative estimate of drug-likeness (QED) is 0.405. The first-order valence-corrected chi connectivity index (χ1v) is 12.4. The summed E-state index contributed by atoms with van der Waals surface area (Å²) >= 11 is 2.34. The fraction of sp³-hybridized carbons (Fsp3) is 0.750. The zero-order chi connectivity index (χ0) is 18.8. The van der Waals surface area contributed by atoms with E-state index in [0.717, 1.165) is 0 Å². The number of methoxy groups -OCH3 is 1. The number of alkyl halides is 1. The minimum absolute atomic E-state index is 0.0520. The number of ether oxygens (including phenoxy) is 2. The maximum atomic E-state index is 12.2. The lowest BCUT2D eigenvalue weighted by Crippen LogP contribution is -2.51. The second kappa shape index (κ2) is 6.01. The van der Waals surface area contributed by atoms with Crippen LogP contribution in [0.4, 0.5) is 0 Å². The number of hydrogen-bond donors (Lipinski definition) is 1. The van der Waals surface area contributed by atoms with Gasteiger partial charge in [-0.2, -0.15) is 0 Å². The highest BCUT2D eigenvalue weighted by Gasteiger charge is 2.79. The largest absolute Gasteiger partial charge is 0.405 e. The Morgan fingerprint density at radius 1 is 1.36 bits per heavy atom. The number of rotatable bonds is 4. The van der Waals surface area contributed by atoms with E-state index in [2.05, 4.69) is 61.4 Å². The summed E-state index contributed by atoms with van der Waals surface area (Å²) in [5.41, 5.74) is -1.50. The molecule has 5 atom stereocenters. The van der Waals surface area contributed by atoms with Crippen molar-refractivity contribution in [3.63, 3.8) is 0 Å². The molecule has 1 saturated carbocycles. The summed E-state index contributed by atoms with van der Waals surface area (Å²) in [5, 5.41) is 0.0520. The Balaban J connectivity index is 1.96. The minimum Gasteiger partial charge on any atom is -0.405 e. The highest BCUT2D eigenvalue weighted by Crippen LogP contribution is 2.62. The summed E-state index contributed by atoms with van der Waals surface area (Å²) in [5.74, 6) is 0. The second-order valence-corrected chi connectivity index (χ2v) is 14.3. The van der Waals surface area contributed by atoms with Crippen LogP contribution in [0.2, 0.25) is 18.1 Å². The van der Waals surface area contributed by atoms with Crippen molar-refractivity contribution in [3.8, 4) is 0 Å². The first kappa shape index (κ1) is 19.3. The zero-order valence-corrected chi connectivity index (χ0v) is 18.5. The predicted octanol–water partition coefficient (Wildman–Crippen LogP) is 2.03. The number of aromatic amines is 1. The van der Waals surface area contributed by atoms with E-state index >= 15 is 0 Å². The molecular formula is C16H25IN2O5Si. The summed E-state index contributed by atoms with van der Waals surface area (Å²) in [6.07, 6.45) is 0.286. The fourth-order valence-corrected chi connectivity index (χ4v) is 6.31. The van der Waals surface area contributed by atoms with Gasteiger partial charge < -0.3 is 13.9 Å². The van der Waals surface area contributed by atoms with Gasteiger partial charge in [0.05, 0.1) is 3.92 Å². The lowest BCUT2D eigenvalue weighted by atomic mass is 10.1. The molecule has 1 N–H and O–H groups in total. The normalized spacial score (nSPS) is 34.8. The Bertz CT molecular complexity index is 786. The monoisotopic (exact) mass is 480 g/mol. The Morgan fingerprint density at radius 3 is 2.52 bits per heavy atom. The van der Waals surface area contributed by atoms with Gasteiger partial charge in [0.25, 0.3) is 5.56 Å². The molecule has 1 aromatic heterocycles. The number of hydrogen-bond acceptors (Lipinski definition) is 5. The SMILES string of the molecule is CO[C@H]1[C@H](n2ccc(=O)[nH]c2=O)O[C@@H]2C(I)C21O[Si](C)(C)C(C)(C)C. The smallest absolute Gasteiger partial charge is 0.330 e. The molecule has 2 unspecified atom stereocenters. The van der Waals surface area contributed by atoms with Crippen molar-refractivity contribution < 1.29 is 13.9 Å². The third-order valence-corrected chi connectivity index (χ3v) is 11.7. The van der Waals surface area contributed by atoms with E-state index in [1.807, 2.05) is 0 Å². The van der Waals surface area contributed by atoms with Crippen LogP contribution in [0.25, 0.3) is 0 Å². The van der Waals surface area contributed by atoms with E-state index in [-0.39, 0.29) is 15.1 Å². The van der Waals surface area contributed by atoms with E-state index in [9.17, 15) is 9.59 Å². The van der Waals surface area contributed by atoms with Crippen LogP contribution in [0.3, 0.4) is 0 Å². The van der Waals surface area contributed by atoms with E-state index in [1.54, 1.807) is 7.11 Å². The molecule has 2 fully saturated rings. The molecule has 7 nitrogen and oxygen atoms in total. The summed E-state index contributed by atoms with van der Waals surface area (Å²) in [7, 11) is -0.454. The molecule has 3 rings (SSSR count). The van der Waals surface area contributed by atoms with Gasteiger partial charge in [-0.05, 0) is 18.1 Å². The first-order chi connectivity index (χ1) is 11.5. The van der Waals surface area contributed by atoms with Gasteiger partial charge in [-0.1, -0.05) is 43.4 Å². The van der Waals surface area contributed by atoms with Gasteiger partial charge in [0.15, 0.2) is 14.5 Å². The number of H-pyrrole nitrogens is 1. The van der Waals surface area contributed by atoms with Crippen molar-refractivity contribution in [1.29, 1.82) is 0 Å². The van der Waals surface area contributed by atoms with Crippen molar-refractivity contribution >= 4 is 30.9 Å². The molecule has 0 spiro atoms. The number of aromatic nitrogens is 2. The molecule has 1 aromatic rings. The van der Waals surface area contributed by atoms with Crippen LogP contribution in [0.15, 0.2) is 21.9 Å². The van der Waals surface area contributed by atoms with Crippen molar-refractivity contribution in [1.82, 2.24) is 9.55 Å². The molecule has 25 heavy (non-hydrogen) atoms. The van der Waals surface area contributed by atoms with Gasteiger partial charge in [0.1, 0.15) is 17.8 Å². The molecule has 2 aliphatic rings. The molecular weight excluding hydrogens is 455 g/mol.